The van der Waals surface area contributed by atoms with Crippen molar-refractivity contribution in [3.8, 4) is 0 Å². The van der Waals surface area contributed by atoms with Crippen LogP contribution in [0.2, 0.25) is 0 Å². The van der Waals surface area contributed by atoms with Crippen molar-refractivity contribution in [1.29, 1.82) is 0 Å². The van der Waals surface area contributed by atoms with E-state index in [1.807, 2.05) is 5.38 Å². The predicted molar refractivity (Wildman–Crippen MR) is 73.8 cm³/mol. The van der Waals surface area contributed by atoms with Crippen LogP contribution >= 0.6 is 11.3 Å². The molecule has 1 atom stereocenters. The molecule has 1 aromatic heterocycles. The third kappa shape index (κ3) is 4.02. The molecule has 0 aliphatic carbocycles. The molecule has 2 amide bonds. The lowest BCUT2D eigenvalue weighted by Gasteiger charge is -2.31. The van der Waals surface area contributed by atoms with Crippen molar-refractivity contribution in [3.05, 3.63) is 16.6 Å². The fourth-order valence-electron chi connectivity index (χ4n) is 2.29. The Morgan fingerprint density at radius 2 is 2.42 bits per heavy atom. The summed E-state index contributed by atoms with van der Waals surface area (Å²) in [5.41, 5.74) is 0. The van der Waals surface area contributed by atoms with E-state index in [4.69, 9.17) is 0 Å². The molecule has 1 unspecified atom stereocenters. The Kier molecular flexibility index (Phi) is 4.90. The molecule has 0 radical (unpaired) electrons. The van der Waals surface area contributed by atoms with Gasteiger partial charge in [0.25, 0.3) is 0 Å². The number of piperidine rings is 1. The number of hydrogen-bond acceptors (Lipinski definition) is 4. The Morgan fingerprint density at radius 3 is 3.11 bits per heavy atom. The van der Waals surface area contributed by atoms with Gasteiger partial charge in [-0.05, 0) is 12.8 Å². The van der Waals surface area contributed by atoms with Gasteiger partial charge in [0.05, 0.1) is 10.9 Å². The van der Waals surface area contributed by atoms with Gasteiger partial charge >= 0.3 is 0 Å². The number of thiazole rings is 1. The summed E-state index contributed by atoms with van der Waals surface area (Å²) in [5, 5.41) is 5.91. The van der Waals surface area contributed by atoms with Crippen LogP contribution in [0.3, 0.4) is 0 Å². The second-order valence-corrected chi connectivity index (χ2v) is 5.75. The third-order valence-electron chi connectivity index (χ3n) is 3.36. The summed E-state index contributed by atoms with van der Waals surface area (Å²) in [7, 11) is 0. The van der Waals surface area contributed by atoms with Crippen LogP contribution in [0.4, 0.5) is 0 Å². The number of nitrogens with one attached hydrogen (secondary N) is 1. The second kappa shape index (κ2) is 6.65. The molecule has 104 valence electrons. The molecule has 1 aromatic rings. The summed E-state index contributed by atoms with van der Waals surface area (Å²) < 4.78 is 0. The van der Waals surface area contributed by atoms with Gasteiger partial charge in [0.15, 0.2) is 0 Å². The maximum absolute atomic E-state index is 12.0. The molecule has 0 aromatic carbocycles. The first kappa shape index (κ1) is 14.0. The van der Waals surface area contributed by atoms with Crippen molar-refractivity contribution >= 4 is 23.2 Å². The zero-order valence-corrected chi connectivity index (χ0v) is 11.9. The molecule has 0 bridgehead atoms. The summed E-state index contributed by atoms with van der Waals surface area (Å²) >= 11 is 1.60. The second-order valence-electron chi connectivity index (χ2n) is 4.77. The van der Waals surface area contributed by atoms with Gasteiger partial charge in [0.1, 0.15) is 0 Å². The first-order valence-electron chi connectivity index (χ1n) is 6.58. The standard InChI is InChI=1S/C13H19N3O2S/c1-10(17)16-7-2-3-11(9-16)13(18)15-5-4-12-14-6-8-19-12/h6,8,11H,2-5,7,9H2,1H3,(H,15,18). The highest BCUT2D eigenvalue weighted by molar-refractivity contribution is 7.09. The highest BCUT2D eigenvalue weighted by Crippen LogP contribution is 2.16. The van der Waals surface area contributed by atoms with E-state index in [9.17, 15) is 9.59 Å². The quantitative estimate of drug-likeness (QED) is 0.897. The van der Waals surface area contributed by atoms with Crippen LogP contribution in [0.15, 0.2) is 11.6 Å². The first-order chi connectivity index (χ1) is 9.16. The lowest BCUT2D eigenvalue weighted by molar-refractivity contribution is -0.133. The molecule has 0 spiro atoms. The zero-order chi connectivity index (χ0) is 13.7. The molecule has 1 aliphatic heterocycles. The summed E-state index contributed by atoms with van der Waals surface area (Å²) in [5.74, 6) is 0.0525. The van der Waals surface area contributed by atoms with E-state index in [-0.39, 0.29) is 17.7 Å². The highest BCUT2D eigenvalue weighted by Gasteiger charge is 2.26. The van der Waals surface area contributed by atoms with Gasteiger partial charge in [-0.25, -0.2) is 4.98 Å². The van der Waals surface area contributed by atoms with E-state index in [2.05, 4.69) is 10.3 Å². The topological polar surface area (TPSA) is 62.3 Å². The molecule has 0 saturated carbocycles. The third-order valence-corrected chi connectivity index (χ3v) is 4.20. The van der Waals surface area contributed by atoms with Gasteiger partial charge in [-0.1, -0.05) is 0 Å². The van der Waals surface area contributed by atoms with E-state index in [0.717, 1.165) is 30.8 Å². The van der Waals surface area contributed by atoms with E-state index in [1.54, 1.807) is 29.4 Å². The fourth-order valence-corrected chi connectivity index (χ4v) is 2.91. The number of hydrogen-bond donors (Lipinski definition) is 1. The van der Waals surface area contributed by atoms with Crippen molar-refractivity contribution in [1.82, 2.24) is 15.2 Å². The van der Waals surface area contributed by atoms with Crippen LogP contribution in [-0.2, 0) is 16.0 Å². The average molecular weight is 281 g/mol. The van der Waals surface area contributed by atoms with Gasteiger partial charge in [0.2, 0.25) is 11.8 Å². The van der Waals surface area contributed by atoms with Crippen molar-refractivity contribution in [2.75, 3.05) is 19.6 Å². The predicted octanol–water partition coefficient (Wildman–Crippen LogP) is 1.06. The normalized spacial score (nSPS) is 19.2. The first-order valence-corrected chi connectivity index (χ1v) is 7.46. The van der Waals surface area contributed by atoms with E-state index < -0.39 is 0 Å². The van der Waals surface area contributed by atoms with Gasteiger partial charge in [0, 0.05) is 44.6 Å². The molecule has 1 saturated heterocycles. The lowest BCUT2D eigenvalue weighted by atomic mass is 9.97. The number of nitrogens with zero attached hydrogens (tertiary/aromatic N) is 2. The maximum atomic E-state index is 12.0. The molecule has 1 aliphatic rings. The van der Waals surface area contributed by atoms with Crippen LogP contribution in [-0.4, -0.2) is 41.3 Å². The SMILES string of the molecule is CC(=O)N1CCCC(C(=O)NCCc2nccs2)C1. The lowest BCUT2D eigenvalue weighted by Crippen LogP contribution is -2.45. The van der Waals surface area contributed by atoms with Gasteiger partial charge in [-0.3, -0.25) is 9.59 Å². The molecule has 19 heavy (non-hydrogen) atoms. The minimum atomic E-state index is -0.0612. The smallest absolute Gasteiger partial charge is 0.224 e. The van der Waals surface area contributed by atoms with Crippen LogP contribution in [0.25, 0.3) is 0 Å². The summed E-state index contributed by atoms with van der Waals surface area (Å²) in [6, 6.07) is 0. The van der Waals surface area contributed by atoms with Crippen LogP contribution in [0, 0.1) is 5.92 Å². The van der Waals surface area contributed by atoms with E-state index in [0.29, 0.717) is 13.1 Å². The molecule has 1 N–H and O–H groups in total. The maximum Gasteiger partial charge on any atom is 0.224 e. The number of rotatable bonds is 4. The highest BCUT2D eigenvalue weighted by atomic mass is 32.1. The van der Waals surface area contributed by atoms with Crippen molar-refractivity contribution in [2.24, 2.45) is 5.92 Å². The molecule has 1 fully saturated rings. The Labute approximate surface area is 117 Å². The van der Waals surface area contributed by atoms with Crippen LogP contribution in [0.1, 0.15) is 24.8 Å². The largest absolute Gasteiger partial charge is 0.355 e. The Bertz CT molecular complexity index is 433. The summed E-state index contributed by atoms with van der Waals surface area (Å²) in [4.78, 5) is 29.3. The molecule has 5 nitrogen and oxygen atoms in total. The molecular formula is C13H19N3O2S. The fraction of sp³-hybridized carbons (Fsp3) is 0.615. The Morgan fingerprint density at radius 1 is 1.58 bits per heavy atom. The van der Waals surface area contributed by atoms with Gasteiger partial charge in [-0.2, -0.15) is 0 Å². The van der Waals surface area contributed by atoms with Gasteiger partial charge in [-0.15, -0.1) is 11.3 Å². The minimum Gasteiger partial charge on any atom is -0.355 e. The monoisotopic (exact) mass is 281 g/mol. The average Bonchev–Trinajstić information content (AvgIpc) is 2.92. The van der Waals surface area contributed by atoms with E-state index in [1.165, 1.54) is 0 Å². The molecule has 6 heteroatoms. The minimum absolute atomic E-state index is 0.0558. The Hall–Kier alpha value is -1.43. The number of aromatic nitrogens is 1. The van der Waals surface area contributed by atoms with Crippen molar-refractivity contribution in [2.45, 2.75) is 26.2 Å². The summed E-state index contributed by atoms with van der Waals surface area (Å²) in [6.07, 6.45) is 4.32. The van der Waals surface area contributed by atoms with Crippen molar-refractivity contribution in [3.63, 3.8) is 0 Å². The zero-order valence-electron chi connectivity index (χ0n) is 11.1. The summed E-state index contributed by atoms with van der Waals surface area (Å²) in [6.45, 7) is 3.50. The molecule has 2 heterocycles. The van der Waals surface area contributed by atoms with Gasteiger partial charge < -0.3 is 10.2 Å². The van der Waals surface area contributed by atoms with Crippen LogP contribution in [0.5, 0.6) is 0 Å². The number of likely N-dealkylation sites (tertiary alicyclic amines) is 1. The molecule has 2 rings (SSSR count). The number of carbonyl (C=O) groups excluding carboxylic acids is 2. The Balaban J connectivity index is 1.74. The molecular weight excluding hydrogens is 262 g/mol. The van der Waals surface area contributed by atoms with Crippen molar-refractivity contribution < 1.29 is 9.59 Å². The number of amides is 2. The van der Waals surface area contributed by atoms with Crippen LogP contribution < -0.4 is 5.32 Å². The number of carbonyl (C=O) groups is 2. The van der Waals surface area contributed by atoms with E-state index >= 15 is 0 Å².